The molecule has 1 aromatic heterocycles. The predicted molar refractivity (Wildman–Crippen MR) is 239 cm³/mol. The van der Waals surface area contributed by atoms with E-state index in [1.165, 1.54) is 0 Å². The molecule has 0 spiro atoms. The highest BCUT2D eigenvalue weighted by Gasteiger charge is 2.65. The second kappa shape index (κ2) is 20.8. The van der Waals surface area contributed by atoms with Gasteiger partial charge < -0.3 is 43.5 Å². The number of aromatic nitrogens is 1. The molecule has 2 aliphatic carbocycles. The maximum absolute atomic E-state index is 14.6. The zero-order valence-electron chi connectivity index (χ0n) is 36.9. The van der Waals surface area contributed by atoms with Gasteiger partial charge in [0.25, 0.3) is 0 Å². The predicted octanol–water partition coefficient (Wildman–Crippen LogP) is 9.01. The maximum atomic E-state index is 14.6. The minimum absolute atomic E-state index is 0.0104. The lowest BCUT2D eigenvalue weighted by Crippen LogP contribution is -2.70. The molecule has 1 amide bonds. The Kier molecular flexibility index (Phi) is 15.2. The maximum Gasteiger partial charge on any atom is 0.410 e. The number of unbranched alkanes of at least 4 members (excludes halogenated alkanes) is 2. The lowest BCUT2D eigenvalue weighted by atomic mass is 9.55. The number of allylic oxidation sites excluding steroid dienone is 1. The van der Waals surface area contributed by atoms with E-state index in [-0.39, 0.29) is 76.4 Å². The number of alkyl halides is 1. The molecule has 4 aliphatic rings. The molecule has 6 unspecified atom stereocenters. The molecule has 340 valence electrons. The van der Waals surface area contributed by atoms with Crippen LogP contribution in [-0.4, -0.2) is 88.4 Å². The number of oxime groups is 1. The van der Waals surface area contributed by atoms with Crippen LogP contribution in [0.3, 0.4) is 0 Å². The number of aryl methyl sites for hydroxylation is 1. The molecule has 13 nitrogen and oxygen atoms in total. The number of hydrogen-bond acceptors (Lipinski definition) is 12. The summed E-state index contributed by atoms with van der Waals surface area (Å²) in [4.78, 5) is 27.2. The van der Waals surface area contributed by atoms with Crippen molar-refractivity contribution < 1.29 is 48.3 Å². The van der Waals surface area contributed by atoms with Crippen molar-refractivity contribution in [1.82, 2.24) is 9.88 Å². The molecule has 1 saturated carbocycles. The van der Waals surface area contributed by atoms with E-state index < -0.39 is 29.4 Å². The van der Waals surface area contributed by atoms with Crippen LogP contribution >= 0.6 is 11.6 Å². The first-order valence-electron chi connectivity index (χ1n) is 22.2. The number of aliphatic hydroxyl groups is 2. The van der Waals surface area contributed by atoms with Gasteiger partial charge in [-0.15, -0.1) is 18.2 Å². The highest BCUT2D eigenvalue weighted by atomic mass is 35.5. The van der Waals surface area contributed by atoms with Crippen molar-refractivity contribution in [2.75, 3.05) is 39.1 Å². The fraction of sp³-hybridized carbons (Fsp3) is 0.531. The van der Waals surface area contributed by atoms with Crippen LogP contribution in [0.1, 0.15) is 94.1 Å². The Morgan fingerprint density at radius 1 is 1.03 bits per heavy atom. The molecule has 63 heavy (non-hydrogen) atoms. The molecule has 0 radical (unpaired) electrons. The van der Waals surface area contributed by atoms with Crippen LogP contribution in [0, 0.1) is 24.7 Å². The van der Waals surface area contributed by atoms with Crippen LogP contribution in [0.4, 0.5) is 4.79 Å². The summed E-state index contributed by atoms with van der Waals surface area (Å²) in [5.74, 6) is 0.416. The summed E-state index contributed by atoms with van der Waals surface area (Å²) >= 11 is 6.13. The van der Waals surface area contributed by atoms with Crippen molar-refractivity contribution in [2.24, 2.45) is 22.9 Å². The minimum Gasteiger partial charge on any atom is -0.487 e. The Bertz CT molecular complexity index is 2120. The Hall–Kier alpha value is -4.82. The number of rotatable bonds is 20. The average Bonchev–Trinajstić information content (AvgIpc) is 3.74. The molecule has 2 aromatic carbocycles. The lowest BCUT2D eigenvalue weighted by Gasteiger charge is -2.60. The van der Waals surface area contributed by atoms with Crippen molar-refractivity contribution >= 4 is 23.4 Å². The number of carbonyl (C=O) groups is 1. The molecule has 0 saturated heterocycles. The van der Waals surface area contributed by atoms with Gasteiger partial charge in [0.15, 0.2) is 11.5 Å². The van der Waals surface area contributed by atoms with E-state index in [2.05, 4.69) is 23.7 Å². The van der Waals surface area contributed by atoms with Gasteiger partial charge in [0.2, 0.25) is 12.6 Å². The summed E-state index contributed by atoms with van der Waals surface area (Å²) in [7, 11) is 0. The first kappa shape index (κ1) is 46.2. The third-order valence-corrected chi connectivity index (χ3v) is 12.3. The molecule has 1 fully saturated rings. The van der Waals surface area contributed by atoms with E-state index in [1.807, 2.05) is 76.2 Å². The van der Waals surface area contributed by atoms with E-state index in [4.69, 9.17) is 50.0 Å². The Morgan fingerprint density at radius 3 is 2.56 bits per heavy atom. The summed E-state index contributed by atoms with van der Waals surface area (Å²) in [6, 6.07) is 16.6. The first-order valence-corrected chi connectivity index (χ1v) is 22.7. The van der Waals surface area contributed by atoms with Crippen LogP contribution in [0.15, 0.2) is 84.1 Å². The largest absolute Gasteiger partial charge is 0.487 e. The smallest absolute Gasteiger partial charge is 0.410 e. The van der Waals surface area contributed by atoms with Gasteiger partial charge in [-0.05, 0) is 119 Å². The Labute approximate surface area is 375 Å². The fourth-order valence-electron chi connectivity index (χ4n) is 9.51. The number of carbonyl (C=O) groups excluding carboxylic acids is 1. The van der Waals surface area contributed by atoms with Gasteiger partial charge in [-0.1, -0.05) is 42.3 Å². The monoisotopic (exact) mass is 887 g/mol. The van der Waals surface area contributed by atoms with Gasteiger partial charge >= 0.3 is 6.09 Å². The number of amides is 1. The van der Waals surface area contributed by atoms with Crippen molar-refractivity contribution in [3.8, 4) is 23.0 Å². The van der Waals surface area contributed by atoms with Crippen molar-refractivity contribution in [3.05, 3.63) is 101 Å². The first-order chi connectivity index (χ1) is 30.5. The normalized spacial score (nSPS) is 23.8. The topological polar surface area (TPSA) is 151 Å². The van der Waals surface area contributed by atoms with Crippen LogP contribution in [0.25, 0.3) is 0 Å². The Morgan fingerprint density at radius 2 is 1.81 bits per heavy atom. The molecular weight excluding hydrogens is 826 g/mol. The zero-order chi connectivity index (χ0) is 44.6. The summed E-state index contributed by atoms with van der Waals surface area (Å²) < 4.78 is 38.2. The van der Waals surface area contributed by atoms with Crippen molar-refractivity contribution in [3.63, 3.8) is 0 Å². The van der Waals surface area contributed by atoms with Crippen LogP contribution in [0.2, 0.25) is 0 Å². The number of halogens is 1. The number of nitrogens with zero attached hydrogens (tertiary/aromatic N) is 3. The molecule has 6 atom stereocenters. The number of pyridine rings is 1. The molecule has 0 bridgehead atoms. The molecule has 3 heterocycles. The SMILES string of the molecule is C=CCOC12Oc3ccc(OCc4cccc(C)n4)cc3C3C(CCCCO)C(CCCCO)C=C(C(=NOC(C)(C)C)CC1N(Cc1ccc4c(c1)OCO4)C(=O)OCCCl)C32. The number of fused-ring (bicyclic) bond motifs is 3. The average molecular weight is 888 g/mol. The molecule has 2 aliphatic heterocycles. The van der Waals surface area contributed by atoms with Crippen LogP contribution in [-0.2, 0) is 27.5 Å². The van der Waals surface area contributed by atoms with Gasteiger partial charge in [0, 0.05) is 43.4 Å². The molecule has 7 rings (SSSR count). The third-order valence-electron chi connectivity index (χ3n) is 12.1. The van der Waals surface area contributed by atoms with Crippen molar-refractivity contribution in [1.29, 1.82) is 0 Å². The van der Waals surface area contributed by atoms with Gasteiger partial charge in [-0.2, -0.15) is 0 Å². The highest BCUT2D eigenvalue weighted by Crippen LogP contribution is 2.62. The van der Waals surface area contributed by atoms with E-state index in [0.29, 0.717) is 41.6 Å². The minimum atomic E-state index is -1.49. The summed E-state index contributed by atoms with van der Waals surface area (Å²) in [6.07, 6.45) is 8.14. The summed E-state index contributed by atoms with van der Waals surface area (Å²) in [6.45, 7) is 12.6. The lowest BCUT2D eigenvalue weighted by molar-refractivity contribution is -0.256. The molecule has 3 aromatic rings. The second-order valence-electron chi connectivity index (χ2n) is 17.7. The molecular formula is C49H62ClN3O10. The molecule has 2 N–H and O–H groups in total. The number of hydrogen-bond donors (Lipinski definition) is 2. The van der Waals surface area contributed by atoms with E-state index in [1.54, 1.807) is 11.0 Å². The Balaban J connectivity index is 1.44. The van der Waals surface area contributed by atoms with Gasteiger partial charge in [-0.25, -0.2) is 4.79 Å². The van der Waals surface area contributed by atoms with E-state index in [0.717, 1.165) is 53.8 Å². The summed E-state index contributed by atoms with van der Waals surface area (Å²) in [5, 5.41) is 24.9. The number of ether oxygens (including phenoxy) is 6. The van der Waals surface area contributed by atoms with E-state index >= 15 is 0 Å². The number of benzene rings is 2. The second-order valence-corrected chi connectivity index (χ2v) is 18.0. The standard InChI is InChI=1S/C49H62ClN3O10/c1-6-23-61-49-44(53(47(56)57-24-20-50)29-33-16-18-42-43(25-33)60-31-59-42)28-40(52-63-48(3,4)5)38-26-34(13-7-9-21-54)37(15-8-10-22-55)45(46(38)49)39-27-36(17-19-41(39)62-49)58-30-35-14-11-12-32(2)51-35/h6,11-12,14,16-19,25-27,34,37,44-46,54-55H,1,7-10,13,15,20-24,28-31H2,2-5H3. The summed E-state index contributed by atoms with van der Waals surface area (Å²) in [5.41, 5.74) is 4.42. The zero-order valence-corrected chi connectivity index (χ0v) is 37.7. The van der Waals surface area contributed by atoms with E-state index in [9.17, 15) is 15.0 Å². The third kappa shape index (κ3) is 10.6. The van der Waals surface area contributed by atoms with Gasteiger partial charge in [0.05, 0.1) is 29.8 Å². The number of aliphatic hydroxyl groups excluding tert-OH is 2. The fourth-order valence-corrected chi connectivity index (χ4v) is 9.59. The highest BCUT2D eigenvalue weighted by molar-refractivity contribution is 6.18. The van der Waals surface area contributed by atoms with Crippen LogP contribution in [0.5, 0.6) is 23.0 Å². The van der Waals surface area contributed by atoms with Crippen LogP contribution < -0.4 is 18.9 Å². The van der Waals surface area contributed by atoms with Gasteiger partial charge in [0.1, 0.15) is 36.4 Å². The molecule has 14 heteroatoms. The van der Waals surface area contributed by atoms with Gasteiger partial charge in [-0.3, -0.25) is 9.88 Å². The van der Waals surface area contributed by atoms with Crippen molar-refractivity contribution in [2.45, 2.75) is 109 Å². The quantitative estimate of drug-likeness (QED) is 0.0484.